The fourth-order valence-electron chi connectivity index (χ4n) is 2.95. The summed E-state index contributed by atoms with van der Waals surface area (Å²) in [5, 5.41) is 8.36. The van der Waals surface area contributed by atoms with Crippen molar-refractivity contribution in [3.8, 4) is 5.69 Å². The molecule has 0 radical (unpaired) electrons. The molecule has 0 saturated heterocycles. The second-order valence-electron chi connectivity index (χ2n) is 6.13. The maximum atomic E-state index is 5.34. The van der Waals surface area contributed by atoms with Gasteiger partial charge in [-0.2, -0.15) is 5.10 Å². The molecule has 2 N–H and O–H groups in total. The molecule has 24 heavy (non-hydrogen) atoms. The molecule has 0 bridgehead atoms. The second-order valence-corrected chi connectivity index (χ2v) is 6.54. The lowest BCUT2D eigenvalue weighted by Crippen LogP contribution is -2.41. The minimum atomic E-state index is 0.490. The molecule has 0 aliphatic heterocycles. The lowest BCUT2D eigenvalue weighted by atomic mass is 9.96. The Balaban J connectivity index is 1.55. The highest BCUT2D eigenvalue weighted by Crippen LogP contribution is 2.17. The van der Waals surface area contributed by atoms with Crippen LogP contribution in [0.5, 0.6) is 0 Å². The average Bonchev–Trinajstić information content (AvgIpc) is 3.15. The first-order valence-corrected chi connectivity index (χ1v) is 8.83. The van der Waals surface area contributed by atoms with Crippen LogP contribution in [0.2, 0.25) is 0 Å². The van der Waals surface area contributed by atoms with Gasteiger partial charge in [0.2, 0.25) is 0 Å². The Morgan fingerprint density at radius 1 is 1.21 bits per heavy atom. The maximum absolute atomic E-state index is 5.34. The third kappa shape index (κ3) is 4.41. The van der Waals surface area contributed by atoms with Gasteiger partial charge >= 0.3 is 0 Å². The molecule has 3 rings (SSSR count). The number of nitrogens with zero attached hydrogens (tertiary/aromatic N) is 3. The number of thiocarbonyl (C=S) groups is 1. The van der Waals surface area contributed by atoms with Crippen LogP contribution >= 0.6 is 12.2 Å². The summed E-state index contributed by atoms with van der Waals surface area (Å²) in [6, 6.07) is 8.69. The van der Waals surface area contributed by atoms with Crippen LogP contribution < -0.4 is 10.7 Å². The number of nitrogens with one attached hydrogen (secondary N) is 2. The van der Waals surface area contributed by atoms with Gasteiger partial charge in [0.25, 0.3) is 0 Å². The van der Waals surface area contributed by atoms with Crippen LogP contribution in [-0.4, -0.2) is 26.4 Å². The molecular formula is C18H23N5S. The lowest BCUT2D eigenvalue weighted by Gasteiger charge is -2.23. The smallest absolute Gasteiger partial charge is 0.187 e. The zero-order chi connectivity index (χ0) is 16.8. The molecule has 1 aromatic heterocycles. The quantitative estimate of drug-likeness (QED) is 0.508. The van der Waals surface area contributed by atoms with E-state index in [9.17, 15) is 0 Å². The minimum Gasteiger partial charge on any atom is -0.359 e. The summed E-state index contributed by atoms with van der Waals surface area (Å²) in [6.45, 7) is 1.97. The standard InChI is InChI=1S/C18H23N5S/c1-14(21-22-18(24)20-16-5-3-2-4-6-16)15-7-9-17(10-8-15)23-12-11-19-13-23/h7-13,16H,2-6H2,1H3,(H2,20,22,24)/b21-14+. The van der Waals surface area contributed by atoms with E-state index in [2.05, 4.69) is 33.0 Å². The van der Waals surface area contributed by atoms with Crippen LogP contribution in [0.4, 0.5) is 0 Å². The van der Waals surface area contributed by atoms with Crippen molar-refractivity contribution < 1.29 is 0 Å². The number of hydrogen-bond donors (Lipinski definition) is 2. The molecule has 0 spiro atoms. The van der Waals surface area contributed by atoms with Crippen LogP contribution in [0.15, 0.2) is 48.1 Å². The molecule has 1 aliphatic rings. The van der Waals surface area contributed by atoms with Crippen LogP contribution in [0.3, 0.4) is 0 Å². The Kier molecular flexibility index (Phi) is 5.59. The number of rotatable bonds is 4. The number of aromatic nitrogens is 2. The molecule has 1 aliphatic carbocycles. The van der Waals surface area contributed by atoms with E-state index < -0.39 is 0 Å². The first-order valence-electron chi connectivity index (χ1n) is 8.42. The topological polar surface area (TPSA) is 54.2 Å². The summed E-state index contributed by atoms with van der Waals surface area (Å²) in [6.07, 6.45) is 11.8. The fraction of sp³-hybridized carbons (Fsp3) is 0.389. The van der Waals surface area contributed by atoms with Gasteiger partial charge in [-0.25, -0.2) is 4.98 Å². The Morgan fingerprint density at radius 2 is 1.96 bits per heavy atom. The third-order valence-electron chi connectivity index (χ3n) is 4.35. The molecule has 126 valence electrons. The number of imidazole rings is 1. The summed E-state index contributed by atoms with van der Waals surface area (Å²) in [7, 11) is 0. The van der Waals surface area contributed by atoms with Gasteiger partial charge in [-0.05, 0) is 49.7 Å². The Bertz CT molecular complexity index is 685. The Labute approximate surface area is 148 Å². The zero-order valence-electron chi connectivity index (χ0n) is 13.9. The van der Waals surface area contributed by atoms with Crippen molar-refractivity contribution in [2.45, 2.75) is 45.1 Å². The lowest BCUT2D eigenvalue weighted by molar-refractivity contribution is 0.412. The summed E-state index contributed by atoms with van der Waals surface area (Å²) < 4.78 is 1.97. The van der Waals surface area contributed by atoms with Gasteiger partial charge in [-0.15, -0.1) is 0 Å². The van der Waals surface area contributed by atoms with Gasteiger partial charge in [-0.3, -0.25) is 5.43 Å². The molecule has 6 heteroatoms. The molecule has 0 unspecified atom stereocenters. The van der Waals surface area contributed by atoms with Crippen LogP contribution in [0, 0.1) is 0 Å². The second kappa shape index (κ2) is 8.06. The van der Waals surface area contributed by atoms with Crippen molar-refractivity contribution in [2.75, 3.05) is 0 Å². The number of benzene rings is 1. The summed E-state index contributed by atoms with van der Waals surface area (Å²) in [5.74, 6) is 0. The normalized spacial score (nSPS) is 16.0. The molecule has 5 nitrogen and oxygen atoms in total. The minimum absolute atomic E-state index is 0.490. The molecule has 1 saturated carbocycles. The Morgan fingerprint density at radius 3 is 2.62 bits per heavy atom. The highest BCUT2D eigenvalue weighted by Gasteiger charge is 2.13. The van der Waals surface area contributed by atoms with E-state index in [0.717, 1.165) is 17.0 Å². The fourth-order valence-corrected chi connectivity index (χ4v) is 3.16. The number of hydrazone groups is 1. The van der Waals surface area contributed by atoms with Gasteiger partial charge in [-0.1, -0.05) is 31.4 Å². The van der Waals surface area contributed by atoms with Crippen molar-refractivity contribution in [3.05, 3.63) is 48.5 Å². The van der Waals surface area contributed by atoms with Crippen molar-refractivity contribution in [3.63, 3.8) is 0 Å². The van der Waals surface area contributed by atoms with E-state index in [1.807, 2.05) is 29.8 Å². The molecular weight excluding hydrogens is 318 g/mol. The number of hydrogen-bond acceptors (Lipinski definition) is 3. The molecule has 0 amide bonds. The first-order chi connectivity index (χ1) is 11.7. The van der Waals surface area contributed by atoms with Crippen molar-refractivity contribution in [1.29, 1.82) is 0 Å². The van der Waals surface area contributed by atoms with Gasteiger partial charge in [0.15, 0.2) is 5.11 Å². The predicted octanol–water partition coefficient (Wildman–Crippen LogP) is 3.39. The summed E-state index contributed by atoms with van der Waals surface area (Å²) in [5.41, 5.74) is 6.00. The average molecular weight is 341 g/mol. The van der Waals surface area contributed by atoms with E-state index in [0.29, 0.717) is 11.2 Å². The highest BCUT2D eigenvalue weighted by molar-refractivity contribution is 7.80. The summed E-state index contributed by atoms with van der Waals surface area (Å²) >= 11 is 5.34. The van der Waals surface area contributed by atoms with E-state index in [1.54, 1.807) is 12.5 Å². The van der Waals surface area contributed by atoms with E-state index in [4.69, 9.17) is 12.2 Å². The molecule has 2 aromatic rings. The Hall–Kier alpha value is -2.21. The predicted molar refractivity (Wildman–Crippen MR) is 102 cm³/mol. The molecule has 1 fully saturated rings. The summed E-state index contributed by atoms with van der Waals surface area (Å²) in [4.78, 5) is 4.06. The molecule has 1 aromatic carbocycles. The zero-order valence-corrected chi connectivity index (χ0v) is 14.7. The largest absolute Gasteiger partial charge is 0.359 e. The van der Waals surface area contributed by atoms with Gasteiger partial charge < -0.3 is 9.88 Å². The molecule has 0 atom stereocenters. The van der Waals surface area contributed by atoms with Crippen molar-refractivity contribution >= 4 is 23.0 Å². The van der Waals surface area contributed by atoms with Crippen LogP contribution in [0.1, 0.15) is 44.6 Å². The van der Waals surface area contributed by atoms with Crippen molar-refractivity contribution in [2.24, 2.45) is 5.10 Å². The van der Waals surface area contributed by atoms with E-state index in [-0.39, 0.29) is 0 Å². The maximum Gasteiger partial charge on any atom is 0.187 e. The first kappa shape index (κ1) is 16.6. The highest BCUT2D eigenvalue weighted by atomic mass is 32.1. The van der Waals surface area contributed by atoms with Gasteiger partial charge in [0.1, 0.15) is 0 Å². The van der Waals surface area contributed by atoms with Gasteiger partial charge in [0, 0.05) is 24.1 Å². The third-order valence-corrected chi connectivity index (χ3v) is 4.56. The molecule has 1 heterocycles. The van der Waals surface area contributed by atoms with Crippen molar-refractivity contribution in [1.82, 2.24) is 20.3 Å². The van der Waals surface area contributed by atoms with Crippen LogP contribution in [0.25, 0.3) is 5.69 Å². The SMILES string of the molecule is C/C(=N\NC(=S)NC1CCCCC1)c1ccc(-n2ccnc2)cc1. The monoisotopic (exact) mass is 341 g/mol. The van der Waals surface area contributed by atoms with E-state index >= 15 is 0 Å². The van der Waals surface area contributed by atoms with E-state index in [1.165, 1.54) is 32.1 Å². The van der Waals surface area contributed by atoms with Crippen LogP contribution in [-0.2, 0) is 0 Å². The van der Waals surface area contributed by atoms with Gasteiger partial charge in [0.05, 0.1) is 12.0 Å².